The minimum absolute atomic E-state index is 0.0197. The van der Waals surface area contributed by atoms with Crippen molar-refractivity contribution in [2.45, 2.75) is 38.0 Å². The molecule has 22 heavy (non-hydrogen) atoms. The Hall–Kier alpha value is -1.38. The number of ketones is 1. The Morgan fingerprint density at radius 1 is 1.18 bits per heavy atom. The first-order valence-corrected chi connectivity index (χ1v) is 8.13. The zero-order valence-electron chi connectivity index (χ0n) is 12.6. The highest BCUT2D eigenvalue weighted by atomic mass is 35.5. The third kappa shape index (κ3) is 2.66. The van der Waals surface area contributed by atoms with Crippen LogP contribution in [0.15, 0.2) is 36.5 Å². The molecule has 0 N–H and O–H groups in total. The first-order valence-electron chi connectivity index (χ1n) is 7.38. The Morgan fingerprint density at radius 2 is 1.82 bits per heavy atom. The van der Waals surface area contributed by atoms with Gasteiger partial charge in [-0.3, -0.25) is 9.78 Å². The first-order chi connectivity index (χ1) is 10.4. The van der Waals surface area contributed by atoms with E-state index in [-0.39, 0.29) is 11.2 Å². The molecule has 1 unspecified atom stereocenters. The normalized spacial score (nSPS) is 17.1. The molecular formula is C18H17Cl2NO. The molecule has 1 aromatic heterocycles. The van der Waals surface area contributed by atoms with Gasteiger partial charge < -0.3 is 0 Å². The van der Waals surface area contributed by atoms with Crippen molar-refractivity contribution in [3.05, 3.63) is 63.4 Å². The van der Waals surface area contributed by atoms with Crippen molar-refractivity contribution in [1.82, 2.24) is 4.98 Å². The van der Waals surface area contributed by atoms with Gasteiger partial charge in [0.1, 0.15) is 0 Å². The molecule has 1 fully saturated rings. The van der Waals surface area contributed by atoms with Gasteiger partial charge >= 0.3 is 0 Å². The van der Waals surface area contributed by atoms with E-state index in [0.29, 0.717) is 21.2 Å². The summed E-state index contributed by atoms with van der Waals surface area (Å²) >= 11 is 12.5. The fourth-order valence-corrected chi connectivity index (χ4v) is 3.52. The summed E-state index contributed by atoms with van der Waals surface area (Å²) in [7, 11) is 0. The molecule has 1 heterocycles. The predicted octanol–water partition coefficient (Wildman–Crippen LogP) is 5.43. The van der Waals surface area contributed by atoms with Crippen LogP contribution in [0.3, 0.4) is 0 Å². The second-order valence-electron chi connectivity index (χ2n) is 6.18. The number of pyridine rings is 1. The minimum Gasteiger partial charge on any atom is -0.293 e. The van der Waals surface area contributed by atoms with Crippen molar-refractivity contribution in [1.29, 1.82) is 0 Å². The molecule has 0 amide bonds. The van der Waals surface area contributed by atoms with Crippen LogP contribution < -0.4 is 0 Å². The lowest BCUT2D eigenvalue weighted by molar-refractivity contribution is 0.0964. The zero-order chi connectivity index (χ0) is 15.9. The summed E-state index contributed by atoms with van der Waals surface area (Å²) in [4.78, 5) is 17.5. The Bertz CT molecular complexity index is 717. The molecular weight excluding hydrogens is 317 g/mol. The van der Waals surface area contributed by atoms with Crippen molar-refractivity contribution in [3.63, 3.8) is 0 Å². The number of hydrogen-bond acceptors (Lipinski definition) is 2. The maximum absolute atomic E-state index is 13.0. The van der Waals surface area contributed by atoms with Gasteiger partial charge in [-0.2, -0.15) is 0 Å². The summed E-state index contributed by atoms with van der Waals surface area (Å²) in [5.74, 6) is -0.377. The number of nitrogens with zero attached hydrogens (tertiary/aromatic N) is 1. The molecule has 3 rings (SSSR count). The lowest BCUT2D eigenvalue weighted by atomic mass is 9.88. The van der Waals surface area contributed by atoms with Crippen LogP contribution in [0.2, 0.25) is 10.0 Å². The van der Waals surface area contributed by atoms with Crippen LogP contribution in [-0.4, -0.2) is 10.8 Å². The highest BCUT2D eigenvalue weighted by molar-refractivity contribution is 6.36. The van der Waals surface area contributed by atoms with Gasteiger partial charge in [0, 0.05) is 33.1 Å². The van der Waals surface area contributed by atoms with E-state index in [4.69, 9.17) is 23.2 Å². The zero-order valence-corrected chi connectivity index (χ0v) is 14.1. The molecule has 1 aliphatic carbocycles. The lowest BCUT2D eigenvalue weighted by Gasteiger charge is -2.18. The summed E-state index contributed by atoms with van der Waals surface area (Å²) < 4.78 is 0. The number of benzene rings is 1. The van der Waals surface area contributed by atoms with Gasteiger partial charge in [0.2, 0.25) is 0 Å². The third-order valence-electron chi connectivity index (χ3n) is 4.47. The average molecular weight is 334 g/mol. The summed E-state index contributed by atoms with van der Waals surface area (Å²) in [5, 5.41) is 1.05. The van der Waals surface area contributed by atoms with Crippen molar-refractivity contribution >= 4 is 29.0 Å². The first kappa shape index (κ1) is 15.5. The van der Waals surface area contributed by atoms with Gasteiger partial charge in [0.25, 0.3) is 0 Å². The molecule has 114 valence electrons. The van der Waals surface area contributed by atoms with Gasteiger partial charge in [-0.1, -0.05) is 43.1 Å². The molecule has 0 spiro atoms. The van der Waals surface area contributed by atoms with E-state index in [1.807, 2.05) is 19.1 Å². The topological polar surface area (TPSA) is 30.0 Å². The smallest absolute Gasteiger partial charge is 0.171 e. The largest absolute Gasteiger partial charge is 0.293 e. The summed E-state index contributed by atoms with van der Waals surface area (Å²) in [5.41, 5.74) is 2.31. The van der Waals surface area contributed by atoms with Crippen LogP contribution in [0.25, 0.3) is 0 Å². The van der Waals surface area contributed by atoms with Gasteiger partial charge in [-0.25, -0.2) is 0 Å². The molecule has 1 aliphatic rings. The van der Waals surface area contributed by atoms with Crippen molar-refractivity contribution in [2.24, 2.45) is 0 Å². The lowest BCUT2D eigenvalue weighted by Crippen LogP contribution is -2.17. The van der Waals surface area contributed by atoms with E-state index < -0.39 is 5.92 Å². The molecule has 0 saturated heterocycles. The number of halogens is 2. The second-order valence-corrected chi connectivity index (χ2v) is 7.00. The van der Waals surface area contributed by atoms with Crippen molar-refractivity contribution < 1.29 is 4.79 Å². The number of rotatable bonds is 4. The highest BCUT2D eigenvalue weighted by Crippen LogP contribution is 2.48. The van der Waals surface area contributed by atoms with Crippen molar-refractivity contribution in [2.75, 3.05) is 0 Å². The number of carbonyl (C=O) groups excluding carboxylic acids is 1. The molecule has 1 atom stereocenters. The van der Waals surface area contributed by atoms with Crippen molar-refractivity contribution in [3.8, 4) is 0 Å². The Balaban J connectivity index is 2.02. The highest BCUT2D eigenvalue weighted by Gasteiger charge is 2.43. The van der Waals surface area contributed by atoms with Gasteiger partial charge in [0.15, 0.2) is 5.78 Å². The Morgan fingerprint density at radius 3 is 2.41 bits per heavy atom. The third-order valence-corrected chi connectivity index (χ3v) is 5.13. The van der Waals surface area contributed by atoms with E-state index in [1.165, 1.54) is 0 Å². The fourth-order valence-electron chi connectivity index (χ4n) is 2.80. The monoisotopic (exact) mass is 333 g/mol. The number of carbonyl (C=O) groups is 1. The standard InChI is InChI=1S/C18H17Cl2NO/c1-11(15-13(19)6-3-7-14(15)20)16(22)12-5-4-10-21-17(12)18(2)8-9-18/h3-7,10-11H,8-9H2,1-2H3. The molecule has 2 nitrogen and oxygen atoms in total. The van der Waals surface area contributed by atoms with Gasteiger partial charge in [0.05, 0.1) is 5.69 Å². The Kier molecular flexibility index (Phi) is 4.00. The van der Waals surface area contributed by atoms with Crippen LogP contribution in [-0.2, 0) is 5.41 Å². The quantitative estimate of drug-likeness (QED) is 0.698. The molecule has 0 bridgehead atoms. The molecule has 1 saturated carbocycles. The molecule has 0 aliphatic heterocycles. The average Bonchev–Trinajstić information content (AvgIpc) is 3.25. The summed E-state index contributed by atoms with van der Waals surface area (Å²) in [6, 6.07) is 8.97. The van der Waals surface area contributed by atoms with E-state index in [9.17, 15) is 4.79 Å². The molecule has 1 aromatic carbocycles. The summed E-state index contributed by atoms with van der Waals surface area (Å²) in [6.07, 6.45) is 3.90. The summed E-state index contributed by atoms with van der Waals surface area (Å²) in [6.45, 7) is 4.00. The van der Waals surface area contributed by atoms with Crippen LogP contribution in [0.5, 0.6) is 0 Å². The minimum atomic E-state index is -0.397. The predicted molar refractivity (Wildman–Crippen MR) is 90.0 cm³/mol. The maximum Gasteiger partial charge on any atom is 0.171 e. The van der Waals surface area contributed by atoms with Crippen LogP contribution in [0.1, 0.15) is 54.2 Å². The van der Waals surface area contributed by atoms with Gasteiger partial charge in [-0.15, -0.1) is 0 Å². The number of hydrogen-bond donors (Lipinski definition) is 0. The molecule has 0 radical (unpaired) electrons. The van der Waals surface area contributed by atoms with Gasteiger partial charge in [-0.05, 0) is 42.7 Å². The Labute approximate surface area is 140 Å². The number of aromatic nitrogens is 1. The van der Waals surface area contributed by atoms with E-state index in [0.717, 1.165) is 18.5 Å². The molecule has 4 heteroatoms. The second kappa shape index (κ2) is 5.68. The van der Waals surface area contributed by atoms with Crippen LogP contribution in [0, 0.1) is 0 Å². The van der Waals surface area contributed by atoms with Crippen LogP contribution >= 0.6 is 23.2 Å². The fraction of sp³-hybridized carbons (Fsp3) is 0.333. The van der Waals surface area contributed by atoms with E-state index >= 15 is 0 Å². The van der Waals surface area contributed by atoms with Crippen LogP contribution in [0.4, 0.5) is 0 Å². The molecule has 2 aromatic rings. The SMILES string of the molecule is CC(C(=O)c1cccnc1C1(C)CC1)c1c(Cl)cccc1Cl. The van der Waals surface area contributed by atoms with E-state index in [2.05, 4.69) is 11.9 Å². The number of Topliss-reactive ketones (excluding diaryl/α,β-unsaturated/α-hetero) is 1. The maximum atomic E-state index is 13.0. The van der Waals surface area contributed by atoms with E-state index in [1.54, 1.807) is 24.4 Å².